The van der Waals surface area contributed by atoms with Crippen LogP contribution < -0.4 is 0 Å². The van der Waals surface area contributed by atoms with Crippen LogP contribution in [0.1, 0.15) is 18.1 Å². The molecule has 0 aliphatic carbocycles. The average Bonchev–Trinajstić information content (AvgIpc) is 3.19. The standard InChI is InChI=1S/C19H20N2O2S2/c1-3-22-18(20-2)14-8-4-6-10-16(14)24-25-17-11-7-5-9-15(17)19-21-12-13-23-19/h4-11H,3,12-13H2,1-2H3. The minimum Gasteiger partial charge on any atom is -0.478 e. The van der Waals surface area contributed by atoms with E-state index in [9.17, 15) is 0 Å². The normalized spacial score (nSPS) is 14.2. The summed E-state index contributed by atoms with van der Waals surface area (Å²) in [5, 5.41) is 0. The molecule has 0 N–H and O–H groups in total. The van der Waals surface area contributed by atoms with Crippen molar-refractivity contribution < 1.29 is 9.47 Å². The van der Waals surface area contributed by atoms with Gasteiger partial charge < -0.3 is 9.47 Å². The van der Waals surface area contributed by atoms with Gasteiger partial charge in [-0.3, -0.25) is 4.99 Å². The summed E-state index contributed by atoms with van der Waals surface area (Å²) in [6.45, 7) is 3.96. The molecule has 6 heteroatoms. The summed E-state index contributed by atoms with van der Waals surface area (Å²) < 4.78 is 11.3. The summed E-state index contributed by atoms with van der Waals surface area (Å²) in [6, 6.07) is 16.4. The second-order valence-electron chi connectivity index (χ2n) is 5.16. The predicted octanol–water partition coefficient (Wildman–Crippen LogP) is 4.68. The second-order valence-corrected chi connectivity index (χ2v) is 7.37. The van der Waals surface area contributed by atoms with E-state index in [0.29, 0.717) is 19.1 Å². The zero-order valence-electron chi connectivity index (χ0n) is 14.3. The van der Waals surface area contributed by atoms with Crippen LogP contribution in [0.3, 0.4) is 0 Å². The van der Waals surface area contributed by atoms with Gasteiger partial charge >= 0.3 is 0 Å². The van der Waals surface area contributed by atoms with Crippen LogP contribution in [0, 0.1) is 0 Å². The third kappa shape index (κ3) is 4.38. The van der Waals surface area contributed by atoms with Crippen LogP contribution in [-0.2, 0) is 9.47 Å². The Morgan fingerprint density at radius 3 is 2.56 bits per heavy atom. The minimum absolute atomic E-state index is 0.596. The van der Waals surface area contributed by atoms with E-state index in [1.54, 1.807) is 28.6 Å². The third-order valence-corrected chi connectivity index (χ3v) is 6.01. The molecule has 2 aromatic rings. The summed E-state index contributed by atoms with van der Waals surface area (Å²) in [5.74, 6) is 1.41. The van der Waals surface area contributed by atoms with Gasteiger partial charge in [-0.1, -0.05) is 45.9 Å². The van der Waals surface area contributed by atoms with Crippen LogP contribution in [0.4, 0.5) is 0 Å². The van der Waals surface area contributed by atoms with E-state index in [4.69, 9.17) is 9.47 Å². The average molecular weight is 373 g/mol. The molecule has 4 nitrogen and oxygen atoms in total. The highest BCUT2D eigenvalue weighted by molar-refractivity contribution is 8.76. The maximum absolute atomic E-state index is 5.66. The van der Waals surface area contributed by atoms with Crippen LogP contribution in [0.5, 0.6) is 0 Å². The maximum Gasteiger partial charge on any atom is 0.217 e. The Labute approximate surface area is 156 Å². The van der Waals surface area contributed by atoms with E-state index < -0.39 is 0 Å². The van der Waals surface area contributed by atoms with E-state index in [-0.39, 0.29) is 0 Å². The van der Waals surface area contributed by atoms with Crippen LogP contribution in [0.15, 0.2) is 68.3 Å². The molecule has 1 aliphatic heterocycles. The molecular formula is C19H20N2O2S2. The number of benzene rings is 2. The molecule has 0 bridgehead atoms. The smallest absolute Gasteiger partial charge is 0.217 e. The number of hydrogen-bond donors (Lipinski definition) is 0. The topological polar surface area (TPSA) is 43.2 Å². The molecule has 1 heterocycles. The highest BCUT2D eigenvalue weighted by Gasteiger charge is 2.16. The number of rotatable bonds is 6. The molecule has 0 amide bonds. The molecule has 130 valence electrons. The summed E-state index contributed by atoms with van der Waals surface area (Å²) in [4.78, 5) is 11.0. The molecule has 25 heavy (non-hydrogen) atoms. The highest BCUT2D eigenvalue weighted by Crippen LogP contribution is 2.41. The van der Waals surface area contributed by atoms with Crippen molar-refractivity contribution in [2.75, 3.05) is 26.8 Å². The molecule has 0 saturated heterocycles. The first-order valence-electron chi connectivity index (χ1n) is 8.13. The van der Waals surface area contributed by atoms with Gasteiger partial charge in [-0.25, -0.2) is 4.99 Å². The lowest BCUT2D eigenvalue weighted by Gasteiger charge is -2.12. The molecule has 2 aromatic carbocycles. The van der Waals surface area contributed by atoms with E-state index >= 15 is 0 Å². The zero-order chi connectivity index (χ0) is 17.5. The van der Waals surface area contributed by atoms with Gasteiger partial charge in [-0.2, -0.15) is 0 Å². The maximum atomic E-state index is 5.66. The number of ether oxygens (including phenoxy) is 2. The zero-order valence-corrected chi connectivity index (χ0v) is 15.9. The number of aliphatic imine (C=N–C) groups is 2. The first kappa shape index (κ1) is 17.9. The lowest BCUT2D eigenvalue weighted by atomic mass is 10.2. The Morgan fingerprint density at radius 2 is 1.84 bits per heavy atom. The van der Waals surface area contributed by atoms with Gasteiger partial charge in [-0.15, -0.1) is 0 Å². The SMILES string of the molecule is CCOC(=NC)c1ccccc1SSc1ccccc1C1=NCCO1. The lowest BCUT2D eigenvalue weighted by Crippen LogP contribution is -2.07. The van der Waals surface area contributed by atoms with Crippen LogP contribution in [0.2, 0.25) is 0 Å². The predicted molar refractivity (Wildman–Crippen MR) is 106 cm³/mol. The van der Waals surface area contributed by atoms with Gasteiger partial charge in [0.25, 0.3) is 0 Å². The van der Waals surface area contributed by atoms with E-state index in [0.717, 1.165) is 33.4 Å². The first-order valence-corrected chi connectivity index (χ1v) is 10.3. The molecule has 0 atom stereocenters. The van der Waals surface area contributed by atoms with Crippen molar-refractivity contribution >= 4 is 33.4 Å². The van der Waals surface area contributed by atoms with Gasteiger partial charge in [-0.05, 0) is 31.2 Å². The minimum atomic E-state index is 0.596. The van der Waals surface area contributed by atoms with Gasteiger partial charge in [0.05, 0.1) is 24.3 Å². The first-order chi connectivity index (χ1) is 12.3. The monoisotopic (exact) mass is 372 g/mol. The molecular weight excluding hydrogens is 352 g/mol. The van der Waals surface area contributed by atoms with E-state index in [1.807, 2.05) is 37.3 Å². The van der Waals surface area contributed by atoms with Gasteiger partial charge in [0, 0.05) is 16.8 Å². The Hall–Kier alpha value is -1.92. The fraction of sp³-hybridized carbons (Fsp3) is 0.263. The van der Waals surface area contributed by atoms with E-state index in [1.165, 1.54) is 0 Å². The van der Waals surface area contributed by atoms with Crippen LogP contribution >= 0.6 is 21.6 Å². The summed E-state index contributed by atoms with van der Waals surface area (Å²) in [5.41, 5.74) is 2.06. The quantitative estimate of drug-likeness (QED) is 0.420. The fourth-order valence-electron chi connectivity index (χ4n) is 2.42. The Bertz CT molecular complexity index is 790. The lowest BCUT2D eigenvalue weighted by molar-refractivity contribution is 0.327. The molecule has 0 radical (unpaired) electrons. The van der Waals surface area contributed by atoms with Crippen molar-refractivity contribution in [2.24, 2.45) is 9.98 Å². The van der Waals surface area contributed by atoms with Crippen LogP contribution in [-0.4, -0.2) is 38.6 Å². The molecule has 1 aliphatic rings. The molecule has 0 aromatic heterocycles. The molecule has 0 fully saturated rings. The summed E-state index contributed by atoms with van der Waals surface area (Å²) in [7, 11) is 5.13. The van der Waals surface area contributed by atoms with Crippen molar-refractivity contribution in [3.05, 3.63) is 59.7 Å². The molecule has 0 spiro atoms. The number of hydrogen-bond acceptors (Lipinski definition) is 6. The second kappa shape index (κ2) is 8.97. The molecule has 0 saturated carbocycles. The Kier molecular flexibility index (Phi) is 6.42. The van der Waals surface area contributed by atoms with Gasteiger partial charge in [0.15, 0.2) is 0 Å². The van der Waals surface area contributed by atoms with Crippen molar-refractivity contribution in [1.29, 1.82) is 0 Å². The van der Waals surface area contributed by atoms with Crippen molar-refractivity contribution in [1.82, 2.24) is 0 Å². The van der Waals surface area contributed by atoms with Crippen LogP contribution in [0.25, 0.3) is 0 Å². The van der Waals surface area contributed by atoms with Crippen molar-refractivity contribution in [3.8, 4) is 0 Å². The third-order valence-electron chi connectivity index (χ3n) is 3.53. The Morgan fingerprint density at radius 1 is 1.12 bits per heavy atom. The highest BCUT2D eigenvalue weighted by atomic mass is 33.1. The largest absolute Gasteiger partial charge is 0.478 e. The van der Waals surface area contributed by atoms with Gasteiger partial charge in [0.2, 0.25) is 11.8 Å². The molecule has 3 rings (SSSR count). The van der Waals surface area contributed by atoms with E-state index in [2.05, 4.69) is 28.2 Å². The number of nitrogens with zero attached hydrogens (tertiary/aromatic N) is 2. The van der Waals surface area contributed by atoms with Crippen molar-refractivity contribution in [3.63, 3.8) is 0 Å². The summed E-state index contributed by atoms with van der Waals surface area (Å²) >= 11 is 0. The molecule has 0 unspecified atom stereocenters. The summed E-state index contributed by atoms with van der Waals surface area (Å²) in [6.07, 6.45) is 0. The fourth-order valence-corrected chi connectivity index (χ4v) is 4.77. The van der Waals surface area contributed by atoms with Gasteiger partial charge in [0.1, 0.15) is 6.61 Å². The van der Waals surface area contributed by atoms with Crippen molar-refractivity contribution in [2.45, 2.75) is 16.7 Å². The Balaban J connectivity index is 1.81.